The third-order valence-electron chi connectivity index (χ3n) is 5.28. The first kappa shape index (κ1) is 22.2. The number of ether oxygens (including phenoxy) is 1. The van der Waals surface area contributed by atoms with Crippen LogP contribution >= 0.6 is 11.8 Å². The number of carbonyl (C=O) groups excluding carboxylic acids is 1. The normalized spacial score (nSPS) is 17.4. The first-order chi connectivity index (χ1) is 15.5. The number of rotatable bonds is 7. The molecule has 2 atom stereocenters. The Labute approximate surface area is 192 Å². The lowest BCUT2D eigenvalue weighted by molar-refractivity contribution is -0.116. The maximum absolute atomic E-state index is 13.4. The second-order valence-electron chi connectivity index (χ2n) is 8.00. The Morgan fingerprint density at radius 3 is 2.50 bits per heavy atom. The van der Waals surface area contributed by atoms with Crippen molar-refractivity contribution in [1.29, 1.82) is 0 Å². The van der Waals surface area contributed by atoms with Crippen molar-refractivity contribution in [2.24, 2.45) is 0 Å². The highest BCUT2D eigenvalue weighted by Crippen LogP contribution is 2.38. The zero-order chi connectivity index (χ0) is 22.7. The van der Waals surface area contributed by atoms with Gasteiger partial charge in [-0.1, -0.05) is 36.9 Å². The molecule has 0 saturated carbocycles. The quantitative estimate of drug-likeness (QED) is 0.545. The predicted octanol–water partition coefficient (Wildman–Crippen LogP) is 4.64. The predicted molar refractivity (Wildman–Crippen MR) is 128 cm³/mol. The largest absolute Gasteiger partial charge is 0.494 e. The first-order valence-corrected chi connectivity index (χ1v) is 11.9. The minimum Gasteiger partial charge on any atom is -0.494 e. The monoisotopic (exact) mass is 451 g/mol. The van der Waals surface area contributed by atoms with Gasteiger partial charge in [0.05, 0.1) is 12.6 Å². The summed E-state index contributed by atoms with van der Waals surface area (Å²) in [6.07, 6.45) is 1.78. The van der Waals surface area contributed by atoms with Crippen molar-refractivity contribution < 1.29 is 9.53 Å². The molecule has 8 heteroatoms. The number of nitrogens with zero attached hydrogens (tertiary/aromatic N) is 3. The number of amides is 1. The van der Waals surface area contributed by atoms with Gasteiger partial charge >= 0.3 is 0 Å². The van der Waals surface area contributed by atoms with E-state index in [9.17, 15) is 4.79 Å². The van der Waals surface area contributed by atoms with Gasteiger partial charge in [0.1, 0.15) is 11.0 Å². The number of nitrogens with one attached hydrogen (secondary N) is 2. The number of anilines is 1. The molecule has 168 valence electrons. The average molecular weight is 452 g/mol. The van der Waals surface area contributed by atoms with E-state index in [1.54, 1.807) is 0 Å². The standard InChI is InChI=1S/C24H29N5O2S/c1-5-7-20-26-27-24-29(20)28-21(17-8-10-19(11-9-17)31-6-2)22(32-24)23(30)25-18-13-15(3)12-16(4)14-18/h8-14,21-22,28H,5-7H2,1-4H3,(H,25,30)/t21-,22-/m0/s1. The SMILES string of the molecule is CCCc1nnc2n1N[C@@H](c1ccc(OCC)cc1)[C@@H](C(=O)Nc1cc(C)cc(C)c1)S2. The lowest BCUT2D eigenvalue weighted by atomic mass is 10.0. The van der Waals surface area contributed by atoms with Crippen LogP contribution in [0.15, 0.2) is 47.6 Å². The average Bonchev–Trinajstić information content (AvgIpc) is 3.15. The van der Waals surface area contributed by atoms with E-state index < -0.39 is 5.25 Å². The van der Waals surface area contributed by atoms with E-state index in [1.165, 1.54) is 11.8 Å². The van der Waals surface area contributed by atoms with Crippen molar-refractivity contribution in [2.75, 3.05) is 17.3 Å². The van der Waals surface area contributed by atoms with Crippen molar-refractivity contribution >= 4 is 23.4 Å². The van der Waals surface area contributed by atoms with Gasteiger partial charge in [-0.3, -0.25) is 4.79 Å². The molecule has 2 aromatic carbocycles. The summed E-state index contributed by atoms with van der Waals surface area (Å²) < 4.78 is 7.52. The van der Waals surface area contributed by atoms with E-state index in [4.69, 9.17) is 4.74 Å². The van der Waals surface area contributed by atoms with Gasteiger partial charge < -0.3 is 15.5 Å². The van der Waals surface area contributed by atoms with Crippen molar-refractivity contribution in [3.63, 3.8) is 0 Å². The molecule has 4 rings (SSSR count). The highest BCUT2D eigenvalue weighted by atomic mass is 32.2. The third kappa shape index (κ3) is 4.75. The van der Waals surface area contributed by atoms with Crippen LogP contribution in [0.25, 0.3) is 0 Å². The van der Waals surface area contributed by atoms with Crippen LogP contribution in [0.4, 0.5) is 5.69 Å². The Morgan fingerprint density at radius 2 is 1.84 bits per heavy atom. The van der Waals surface area contributed by atoms with Gasteiger partial charge in [0, 0.05) is 12.1 Å². The lowest BCUT2D eigenvalue weighted by Gasteiger charge is -2.33. The number of hydrogen-bond acceptors (Lipinski definition) is 6. The Hall–Kier alpha value is -3.00. The van der Waals surface area contributed by atoms with E-state index in [0.717, 1.165) is 46.8 Å². The Kier molecular flexibility index (Phi) is 6.69. The summed E-state index contributed by atoms with van der Waals surface area (Å²) in [6.45, 7) is 8.74. The molecule has 1 amide bonds. The summed E-state index contributed by atoms with van der Waals surface area (Å²) in [6, 6.07) is 13.7. The topological polar surface area (TPSA) is 81.1 Å². The number of benzene rings is 2. The third-order valence-corrected chi connectivity index (χ3v) is 6.49. The molecule has 32 heavy (non-hydrogen) atoms. The number of hydrogen-bond donors (Lipinski definition) is 2. The fourth-order valence-corrected chi connectivity index (χ4v) is 5.03. The molecule has 0 unspecified atom stereocenters. The molecule has 1 aromatic heterocycles. The molecule has 1 aliphatic rings. The van der Waals surface area contributed by atoms with Crippen LogP contribution in [0.2, 0.25) is 0 Å². The van der Waals surface area contributed by atoms with Crippen molar-refractivity contribution in [2.45, 2.75) is 57.0 Å². The van der Waals surface area contributed by atoms with E-state index in [0.29, 0.717) is 11.8 Å². The fraction of sp³-hybridized carbons (Fsp3) is 0.375. The van der Waals surface area contributed by atoms with Crippen molar-refractivity contribution in [3.05, 3.63) is 65.0 Å². The summed E-state index contributed by atoms with van der Waals surface area (Å²) in [4.78, 5) is 13.4. The molecule has 0 bridgehead atoms. The van der Waals surface area contributed by atoms with Crippen LogP contribution in [0, 0.1) is 13.8 Å². The van der Waals surface area contributed by atoms with Crippen LogP contribution in [-0.2, 0) is 11.2 Å². The van der Waals surface area contributed by atoms with Gasteiger partial charge in [-0.25, -0.2) is 4.68 Å². The maximum atomic E-state index is 13.4. The second-order valence-corrected chi connectivity index (χ2v) is 9.11. The first-order valence-electron chi connectivity index (χ1n) is 11.0. The highest BCUT2D eigenvalue weighted by molar-refractivity contribution is 8.00. The molecule has 2 N–H and O–H groups in total. The molecule has 0 aliphatic carbocycles. The number of aryl methyl sites for hydroxylation is 3. The van der Waals surface area contributed by atoms with E-state index >= 15 is 0 Å². The highest BCUT2D eigenvalue weighted by Gasteiger charge is 2.37. The molecule has 1 aliphatic heterocycles. The van der Waals surface area contributed by atoms with Crippen molar-refractivity contribution in [1.82, 2.24) is 14.9 Å². The second kappa shape index (κ2) is 9.65. The summed E-state index contributed by atoms with van der Waals surface area (Å²) in [7, 11) is 0. The zero-order valence-corrected chi connectivity index (χ0v) is 19.7. The molecule has 0 saturated heterocycles. The number of thioether (sulfide) groups is 1. The van der Waals surface area contributed by atoms with Gasteiger partial charge in [-0.05, 0) is 68.1 Å². The Balaban J connectivity index is 1.65. The zero-order valence-electron chi connectivity index (χ0n) is 18.9. The molecule has 3 aromatic rings. The van der Waals surface area contributed by atoms with E-state index in [-0.39, 0.29) is 11.9 Å². The van der Waals surface area contributed by atoms with Gasteiger partial charge in [0.2, 0.25) is 11.1 Å². The van der Waals surface area contributed by atoms with Gasteiger partial charge in [0.25, 0.3) is 0 Å². The van der Waals surface area contributed by atoms with E-state index in [2.05, 4.69) is 33.9 Å². The van der Waals surface area contributed by atoms with Gasteiger partial charge in [0.15, 0.2) is 5.82 Å². The van der Waals surface area contributed by atoms with Crippen LogP contribution in [0.1, 0.15) is 48.8 Å². The molecule has 2 heterocycles. The minimum atomic E-state index is -0.417. The lowest BCUT2D eigenvalue weighted by Crippen LogP contribution is -2.41. The number of fused-ring (bicyclic) bond motifs is 1. The molecule has 7 nitrogen and oxygen atoms in total. The summed E-state index contributed by atoms with van der Waals surface area (Å²) >= 11 is 1.44. The summed E-state index contributed by atoms with van der Waals surface area (Å²) in [5, 5.41) is 12.0. The van der Waals surface area contributed by atoms with Crippen LogP contribution in [0.5, 0.6) is 5.75 Å². The van der Waals surface area contributed by atoms with Crippen LogP contribution in [0.3, 0.4) is 0 Å². The molecular weight excluding hydrogens is 422 g/mol. The molecular formula is C24H29N5O2S. The van der Waals surface area contributed by atoms with Crippen LogP contribution < -0.4 is 15.5 Å². The molecule has 0 spiro atoms. The summed E-state index contributed by atoms with van der Waals surface area (Å²) in [5.41, 5.74) is 7.54. The van der Waals surface area contributed by atoms with Gasteiger partial charge in [-0.15, -0.1) is 10.2 Å². The Bertz CT molecular complexity index is 1080. The minimum absolute atomic E-state index is 0.0716. The van der Waals surface area contributed by atoms with Crippen molar-refractivity contribution in [3.8, 4) is 5.75 Å². The fourth-order valence-electron chi connectivity index (χ4n) is 3.93. The smallest absolute Gasteiger partial charge is 0.240 e. The molecule has 0 fully saturated rings. The maximum Gasteiger partial charge on any atom is 0.240 e. The van der Waals surface area contributed by atoms with Gasteiger partial charge in [-0.2, -0.15) is 0 Å². The number of aromatic nitrogens is 3. The van der Waals surface area contributed by atoms with Crippen LogP contribution in [-0.4, -0.2) is 32.6 Å². The number of carbonyl (C=O) groups is 1. The van der Waals surface area contributed by atoms with E-state index in [1.807, 2.05) is 61.8 Å². The Morgan fingerprint density at radius 1 is 1.12 bits per heavy atom. The molecule has 0 radical (unpaired) electrons. The summed E-state index contributed by atoms with van der Waals surface area (Å²) in [5.74, 6) is 1.62.